The summed E-state index contributed by atoms with van der Waals surface area (Å²) in [6.07, 6.45) is 0. The predicted molar refractivity (Wildman–Crippen MR) is 85.7 cm³/mol. The zero-order valence-electron chi connectivity index (χ0n) is 12.7. The van der Waals surface area contributed by atoms with E-state index in [9.17, 15) is 4.79 Å². The molecule has 0 atom stereocenters. The lowest BCUT2D eigenvalue weighted by atomic mass is 10.2. The molecular weight excluding hydrogens is 292 g/mol. The lowest BCUT2D eigenvalue weighted by molar-refractivity contribution is 0.0723. The first-order valence-corrected chi connectivity index (χ1v) is 7.18. The zero-order chi connectivity index (χ0) is 16.1. The molecule has 0 aliphatic rings. The van der Waals surface area contributed by atoms with E-state index in [1.165, 1.54) is 0 Å². The highest BCUT2D eigenvalue weighted by molar-refractivity contribution is 5.90. The van der Waals surface area contributed by atoms with Crippen molar-refractivity contribution in [3.8, 4) is 11.6 Å². The molecule has 0 N–H and O–H groups in total. The van der Waals surface area contributed by atoms with E-state index in [0.717, 1.165) is 5.69 Å². The van der Waals surface area contributed by atoms with Gasteiger partial charge >= 0.3 is 5.97 Å². The summed E-state index contributed by atoms with van der Waals surface area (Å²) < 4.78 is 12.2. The highest BCUT2D eigenvalue weighted by atomic mass is 16.5. The molecule has 0 aliphatic carbocycles. The summed E-state index contributed by atoms with van der Waals surface area (Å²) in [5, 5.41) is 4.43. The molecule has 0 amide bonds. The molecule has 0 saturated heterocycles. The van der Waals surface area contributed by atoms with E-state index in [1.54, 1.807) is 42.1 Å². The number of hydrogen-bond acceptors (Lipinski definition) is 4. The maximum Gasteiger partial charge on any atom is 0.344 e. The van der Waals surface area contributed by atoms with E-state index in [0.29, 0.717) is 23.7 Å². The van der Waals surface area contributed by atoms with Crippen LogP contribution < -0.4 is 4.74 Å². The number of methoxy groups -OCH3 is 1. The number of rotatable bonds is 5. The van der Waals surface area contributed by atoms with Crippen molar-refractivity contribution in [1.82, 2.24) is 9.78 Å². The Bertz CT molecular complexity index is 783. The fraction of sp³-hybridized carbons (Fsp3) is 0.111. The van der Waals surface area contributed by atoms with Gasteiger partial charge in [-0.15, -0.1) is 0 Å². The highest BCUT2D eigenvalue weighted by Gasteiger charge is 2.15. The number of carbonyl (C=O) groups is 1. The quantitative estimate of drug-likeness (QED) is 0.679. The summed E-state index contributed by atoms with van der Waals surface area (Å²) in [5.41, 5.74) is 1.99. The van der Waals surface area contributed by atoms with Gasteiger partial charge in [0, 0.05) is 13.2 Å². The molecule has 1 heterocycles. The number of aromatic nitrogens is 2. The molecule has 0 saturated carbocycles. The maximum absolute atomic E-state index is 12.3. The van der Waals surface area contributed by atoms with Crippen LogP contribution in [0, 0.1) is 0 Å². The van der Waals surface area contributed by atoms with E-state index in [2.05, 4.69) is 5.10 Å². The molecular formula is C18H16N2O3. The van der Waals surface area contributed by atoms with Crippen molar-refractivity contribution in [2.75, 3.05) is 7.11 Å². The van der Waals surface area contributed by atoms with Gasteiger partial charge in [-0.2, -0.15) is 5.10 Å². The van der Waals surface area contributed by atoms with Crippen LogP contribution in [-0.2, 0) is 11.3 Å². The Morgan fingerprint density at radius 3 is 2.35 bits per heavy atom. The molecule has 3 aromatic rings. The molecule has 5 nitrogen and oxygen atoms in total. The average molecular weight is 308 g/mol. The molecule has 0 fully saturated rings. The Balaban J connectivity index is 1.93. The minimum absolute atomic E-state index is 0.343. The van der Waals surface area contributed by atoms with Gasteiger partial charge in [-0.1, -0.05) is 36.4 Å². The van der Waals surface area contributed by atoms with Crippen LogP contribution in [0.15, 0.2) is 66.7 Å². The molecule has 1 aromatic heterocycles. The Kier molecular flexibility index (Phi) is 4.49. The summed E-state index contributed by atoms with van der Waals surface area (Å²) in [7, 11) is 1.59. The van der Waals surface area contributed by atoms with Gasteiger partial charge in [-0.3, -0.25) is 0 Å². The predicted octanol–water partition coefficient (Wildman–Crippen LogP) is 3.24. The topological polar surface area (TPSA) is 53.4 Å². The number of ether oxygens (including phenoxy) is 2. The van der Waals surface area contributed by atoms with E-state index in [-0.39, 0.29) is 0 Å². The molecule has 0 unspecified atom stereocenters. The van der Waals surface area contributed by atoms with E-state index < -0.39 is 5.97 Å². The highest BCUT2D eigenvalue weighted by Crippen LogP contribution is 2.21. The number of carbonyl (C=O) groups excluding carboxylic acids is 1. The first-order valence-electron chi connectivity index (χ1n) is 7.18. The third-order valence-electron chi connectivity index (χ3n) is 3.23. The number of esters is 1. The lowest BCUT2D eigenvalue weighted by Gasteiger charge is -2.07. The molecule has 116 valence electrons. The molecule has 2 aromatic carbocycles. The van der Waals surface area contributed by atoms with Crippen molar-refractivity contribution in [2.24, 2.45) is 0 Å². The van der Waals surface area contributed by atoms with Gasteiger partial charge in [0.05, 0.1) is 23.6 Å². The Morgan fingerprint density at radius 1 is 1.04 bits per heavy atom. The summed E-state index contributed by atoms with van der Waals surface area (Å²) in [4.78, 5) is 12.3. The lowest BCUT2D eigenvalue weighted by Crippen LogP contribution is -2.11. The molecule has 0 aliphatic heterocycles. The fourth-order valence-corrected chi connectivity index (χ4v) is 2.18. The maximum atomic E-state index is 12.3. The largest absolute Gasteiger partial charge is 0.404 e. The molecule has 23 heavy (non-hydrogen) atoms. The van der Waals surface area contributed by atoms with Crippen LogP contribution in [0.4, 0.5) is 0 Å². The van der Waals surface area contributed by atoms with Crippen LogP contribution in [0.25, 0.3) is 5.69 Å². The van der Waals surface area contributed by atoms with E-state index >= 15 is 0 Å². The number of benzene rings is 2. The van der Waals surface area contributed by atoms with Crippen LogP contribution in [-0.4, -0.2) is 22.9 Å². The van der Waals surface area contributed by atoms with Crippen LogP contribution in [0.1, 0.15) is 16.1 Å². The second-order valence-corrected chi connectivity index (χ2v) is 4.91. The SMILES string of the molecule is COCc1cc(OC(=O)c2ccccc2)n(-c2ccccc2)n1. The van der Waals surface area contributed by atoms with E-state index in [1.807, 2.05) is 36.4 Å². The van der Waals surface area contributed by atoms with Crippen LogP contribution in [0.3, 0.4) is 0 Å². The summed E-state index contributed by atoms with van der Waals surface area (Å²) in [5.74, 6) is -0.0660. The molecule has 0 radical (unpaired) electrons. The molecule has 0 bridgehead atoms. The fourth-order valence-electron chi connectivity index (χ4n) is 2.18. The number of para-hydroxylation sites is 1. The Labute approximate surface area is 134 Å². The zero-order valence-corrected chi connectivity index (χ0v) is 12.7. The summed E-state index contributed by atoms with van der Waals surface area (Å²) >= 11 is 0. The first-order chi connectivity index (χ1) is 11.3. The van der Waals surface area contributed by atoms with Gasteiger partial charge in [0.25, 0.3) is 0 Å². The van der Waals surface area contributed by atoms with Crippen molar-refractivity contribution in [1.29, 1.82) is 0 Å². The van der Waals surface area contributed by atoms with E-state index in [4.69, 9.17) is 9.47 Å². The van der Waals surface area contributed by atoms with Crippen molar-refractivity contribution in [2.45, 2.75) is 6.61 Å². The third kappa shape index (κ3) is 3.46. The normalized spacial score (nSPS) is 10.5. The third-order valence-corrected chi connectivity index (χ3v) is 3.23. The number of nitrogens with zero attached hydrogens (tertiary/aromatic N) is 2. The number of hydrogen-bond donors (Lipinski definition) is 0. The van der Waals surface area contributed by atoms with Gasteiger partial charge in [-0.25, -0.2) is 9.48 Å². The van der Waals surface area contributed by atoms with Crippen LogP contribution >= 0.6 is 0 Å². The molecule has 3 rings (SSSR count). The van der Waals surface area contributed by atoms with Crippen molar-refractivity contribution in [3.05, 3.63) is 78.0 Å². The first kappa shape index (κ1) is 15.0. The Morgan fingerprint density at radius 2 is 1.70 bits per heavy atom. The average Bonchev–Trinajstić information content (AvgIpc) is 2.99. The standard InChI is InChI=1S/C18H16N2O3/c1-22-13-15-12-17(20(19-15)16-10-6-3-7-11-16)23-18(21)14-8-4-2-5-9-14/h2-12H,13H2,1H3. The molecule has 0 spiro atoms. The van der Waals surface area contributed by atoms with Gasteiger partial charge in [0.15, 0.2) is 0 Å². The van der Waals surface area contributed by atoms with Crippen molar-refractivity contribution >= 4 is 5.97 Å². The summed E-state index contributed by atoms with van der Waals surface area (Å²) in [6, 6.07) is 20.1. The minimum Gasteiger partial charge on any atom is -0.404 e. The van der Waals surface area contributed by atoms with Crippen molar-refractivity contribution in [3.63, 3.8) is 0 Å². The second-order valence-electron chi connectivity index (χ2n) is 4.91. The monoisotopic (exact) mass is 308 g/mol. The van der Waals surface area contributed by atoms with Gasteiger partial charge < -0.3 is 9.47 Å². The second kappa shape index (κ2) is 6.89. The van der Waals surface area contributed by atoms with Crippen molar-refractivity contribution < 1.29 is 14.3 Å². The van der Waals surface area contributed by atoms with Crippen LogP contribution in [0.5, 0.6) is 5.88 Å². The van der Waals surface area contributed by atoms with Crippen LogP contribution in [0.2, 0.25) is 0 Å². The smallest absolute Gasteiger partial charge is 0.344 e. The Hall–Kier alpha value is -2.92. The minimum atomic E-state index is -0.424. The van der Waals surface area contributed by atoms with Gasteiger partial charge in [0.1, 0.15) is 0 Å². The summed E-state index contributed by atoms with van der Waals surface area (Å²) in [6.45, 7) is 0.343. The molecule has 5 heteroatoms. The van der Waals surface area contributed by atoms with Gasteiger partial charge in [-0.05, 0) is 24.3 Å². The van der Waals surface area contributed by atoms with Gasteiger partial charge in [0.2, 0.25) is 5.88 Å².